The molecule has 8 heteroatoms. The van der Waals surface area contributed by atoms with Crippen LogP contribution in [0.15, 0.2) is 23.1 Å². The molecule has 0 saturated carbocycles. The zero-order valence-corrected chi connectivity index (χ0v) is 14.5. The number of nitrogens with one attached hydrogen (secondary N) is 2. The van der Waals surface area contributed by atoms with Crippen LogP contribution in [0.2, 0.25) is 0 Å². The molecule has 0 aliphatic heterocycles. The van der Waals surface area contributed by atoms with Gasteiger partial charge in [0.15, 0.2) is 6.61 Å². The molecule has 0 aromatic heterocycles. The minimum absolute atomic E-state index is 0.134. The molecule has 0 radical (unpaired) electrons. The summed E-state index contributed by atoms with van der Waals surface area (Å²) in [5.41, 5.74) is 0.647. The summed E-state index contributed by atoms with van der Waals surface area (Å²) in [6, 6.07) is 4.54. The molecule has 1 aromatic rings. The van der Waals surface area contributed by atoms with Crippen LogP contribution in [-0.2, 0) is 19.6 Å². The number of rotatable bonds is 10. The Bertz CT molecular complexity index is 616. The standard InChI is InChI=1S/C15H24N2O5S/c1-4-7-17-23(19,20)13-5-6-14(12(2)10-13)22-11-15(18)16-8-9-21-3/h5-6,10,17H,4,7-9,11H2,1-3H3,(H,16,18). The van der Waals surface area contributed by atoms with Crippen LogP contribution in [0.5, 0.6) is 5.75 Å². The van der Waals surface area contributed by atoms with Crippen molar-refractivity contribution in [2.45, 2.75) is 25.2 Å². The first-order chi connectivity index (χ1) is 10.9. The van der Waals surface area contributed by atoms with Gasteiger partial charge in [-0.05, 0) is 37.1 Å². The first-order valence-electron chi connectivity index (χ1n) is 7.39. The maximum Gasteiger partial charge on any atom is 0.258 e. The van der Waals surface area contributed by atoms with Crippen molar-refractivity contribution in [2.24, 2.45) is 0 Å². The van der Waals surface area contributed by atoms with Crippen LogP contribution >= 0.6 is 0 Å². The smallest absolute Gasteiger partial charge is 0.258 e. The molecule has 1 amide bonds. The second-order valence-corrected chi connectivity index (χ2v) is 6.72. The molecule has 1 aromatic carbocycles. The van der Waals surface area contributed by atoms with Crippen molar-refractivity contribution in [2.75, 3.05) is 33.4 Å². The Kier molecular flexibility index (Phi) is 8.01. The molecule has 130 valence electrons. The Morgan fingerprint density at radius 2 is 2.00 bits per heavy atom. The van der Waals surface area contributed by atoms with Gasteiger partial charge < -0.3 is 14.8 Å². The summed E-state index contributed by atoms with van der Waals surface area (Å²) in [5, 5.41) is 2.64. The number of benzene rings is 1. The summed E-state index contributed by atoms with van der Waals surface area (Å²) in [5.74, 6) is 0.212. The lowest BCUT2D eigenvalue weighted by Crippen LogP contribution is -2.31. The molecule has 0 heterocycles. The van der Waals surface area contributed by atoms with Crippen molar-refractivity contribution in [3.8, 4) is 5.75 Å². The highest BCUT2D eigenvalue weighted by Gasteiger charge is 2.15. The van der Waals surface area contributed by atoms with Crippen molar-refractivity contribution < 1.29 is 22.7 Å². The largest absolute Gasteiger partial charge is 0.484 e. The third kappa shape index (κ3) is 6.55. The van der Waals surface area contributed by atoms with Crippen LogP contribution in [0.4, 0.5) is 0 Å². The van der Waals surface area contributed by atoms with Crippen molar-refractivity contribution in [3.05, 3.63) is 23.8 Å². The predicted molar refractivity (Wildman–Crippen MR) is 87.0 cm³/mol. The molecule has 0 atom stereocenters. The van der Waals surface area contributed by atoms with Crippen LogP contribution in [-0.4, -0.2) is 47.7 Å². The van der Waals surface area contributed by atoms with Crippen LogP contribution in [0.3, 0.4) is 0 Å². The summed E-state index contributed by atoms with van der Waals surface area (Å²) >= 11 is 0. The maximum atomic E-state index is 12.0. The fraction of sp³-hybridized carbons (Fsp3) is 0.533. The first kappa shape index (κ1) is 19.4. The quantitative estimate of drug-likeness (QED) is 0.613. The van der Waals surface area contributed by atoms with Crippen LogP contribution in [0, 0.1) is 6.92 Å². The molecule has 7 nitrogen and oxygen atoms in total. The predicted octanol–water partition coefficient (Wildman–Crippen LogP) is 0.825. The molecule has 0 fully saturated rings. The van der Waals surface area contributed by atoms with E-state index in [1.165, 1.54) is 12.1 Å². The number of ether oxygens (including phenoxy) is 2. The lowest BCUT2D eigenvalue weighted by Gasteiger charge is -2.11. The second-order valence-electron chi connectivity index (χ2n) is 4.96. The van der Waals surface area contributed by atoms with Gasteiger partial charge in [-0.25, -0.2) is 13.1 Å². The van der Waals surface area contributed by atoms with E-state index in [0.29, 0.717) is 31.0 Å². The lowest BCUT2D eigenvalue weighted by molar-refractivity contribution is -0.123. The molecule has 1 rings (SSSR count). The van der Waals surface area contributed by atoms with E-state index in [1.54, 1.807) is 20.1 Å². The number of hydrogen-bond donors (Lipinski definition) is 2. The molecular formula is C15H24N2O5S. The minimum Gasteiger partial charge on any atom is -0.484 e. The highest BCUT2D eigenvalue weighted by molar-refractivity contribution is 7.89. The molecule has 23 heavy (non-hydrogen) atoms. The van der Waals surface area contributed by atoms with Crippen LogP contribution in [0.25, 0.3) is 0 Å². The van der Waals surface area contributed by atoms with Gasteiger partial charge in [0, 0.05) is 20.2 Å². The number of carbonyl (C=O) groups excluding carboxylic acids is 1. The van der Waals surface area contributed by atoms with E-state index in [9.17, 15) is 13.2 Å². The molecule has 0 saturated heterocycles. The SMILES string of the molecule is CCCNS(=O)(=O)c1ccc(OCC(=O)NCCOC)c(C)c1. The summed E-state index contributed by atoms with van der Waals surface area (Å²) < 4.78 is 36.8. The molecule has 0 bridgehead atoms. The Labute approximate surface area is 137 Å². The van der Waals surface area contributed by atoms with Gasteiger partial charge >= 0.3 is 0 Å². The van der Waals surface area contributed by atoms with Crippen LogP contribution in [0.1, 0.15) is 18.9 Å². The topological polar surface area (TPSA) is 93.7 Å². The summed E-state index contributed by atoms with van der Waals surface area (Å²) in [6.07, 6.45) is 0.720. The molecule has 0 unspecified atom stereocenters. The van der Waals surface area contributed by atoms with Crippen LogP contribution < -0.4 is 14.8 Å². The lowest BCUT2D eigenvalue weighted by atomic mass is 10.2. The van der Waals surface area contributed by atoms with Gasteiger partial charge in [-0.3, -0.25) is 4.79 Å². The fourth-order valence-electron chi connectivity index (χ4n) is 1.76. The van der Waals surface area contributed by atoms with Gasteiger partial charge in [0.05, 0.1) is 11.5 Å². The molecule has 0 spiro atoms. The number of sulfonamides is 1. The van der Waals surface area contributed by atoms with E-state index in [0.717, 1.165) is 6.42 Å². The Balaban J connectivity index is 2.64. The van der Waals surface area contributed by atoms with Gasteiger partial charge in [0.25, 0.3) is 5.91 Å². The van der Waals surface area contributed by atoms with E-state index in [-0.39, 0.29) is 17.4 Å². The summed E-state index contributed by atoms with van der Waals surface area (Å²) in [6.45, 7) is 4.73. The second kappa shape index (κ2) is 9.49. The van der Waals surface area contributed by atoms with E-state index < -0.39 is 10.0 Å². The third-order valence-corrected chi connectivity index (χ3v) is 4.44. The van der Waals surface area contributed by atoms with Gasteiger partial charge in [0.1, 0.15) is 5.75 Å². The van der Waals surface area contributed by atoms with Gasteiger partial charge in [0.2, 0.25) is 10.0 Å². The Hall–Kier alpha value is -1.64. The van der Waals surface area contributed by atoms with Crippen molar-refractivity contribution in [1.29, 1.82) is 0 Å². The zero-order valence-electron chi connectivity index (χ0n) is 13.7. The van der Waals surface area contributed by atoms with Gasteiger partial charge in [-0.1, -0.05) is 6.92 Å². The van der Waals surface area contributed by atoms with E-state index in [4.69, 9.17) is 9.47 Å². The minimum atomic E-state index is -3.51. The zero-order chi connectivity index (χ0) is 17.3. The number of carbonyl (C=O) groups is 1. The Morgan fingerprint density at radius 3 is 2.61 bits per heavy atom. The number of aryl methyl sites for hydroxylation is 1. The van der Waals surface area contributed by atoms with Gasteiger partial charge in [-0.15, -0.1) is 0 Å². The normalized spacial score (nSPS) is 11.3. The molecular weight excluding hydrogens is 320 g/mol. The van der Waals surface area contributed by atoms with Crippen molar-refractivity contribution in [3.63, 3.8) is 0 Å². The van der Waals surface area contributed by atoms with E-state index in [1.807, 2.05) is 6.92 Å². The van der Waals surface area contributed by atoms with E-state index >= 15 is 0 Å². The van der Waals surface area contributed by atoms with E-state index in [2.05, 4.69) is 10.0 Å². The summed E-state index contributed by atoms with van der Waals surface area (Å²) in [4.78, 5) is 11.7. The Morgan fingerprint density at radius 1 is 1.26 bits per heavy atom. The average molecular weight is 344 g/mol. The molecule has 0 aliphatic carbocycles. The highest BCUT2D eigenvalue weighted by atomic mass is 32.2. The van der Waals surface area contributed by atoms with Crippen molar-refractivity contribution >= 4 is 15.9 Å². The number of amides is 1. The van der Waals surface area contributed by atoms with Crippen molar-refractivity contribution in [1.82, 2.24) is 10.0 Å². The molecule has 2 N–H and O–H groups in total. The molecule has 0 aliphatic rings. The summed E-state index contributed by atoms with van der Waals surface area (Å²) in [7, 11) is -1.95. The monoisotopic (exact) mass is 344 g/mol. The first-order valence-corrected chi connectivity index (χ1v) is 8.87. The number of methoxy groups -OCH3 is 1. The third-order valence-electron chi connectivity index (χ3n) is 2.99. The number of hydrogen-bond acceptors (Lipinski definition) is 5. The average Bonchev–Trinajstić information content (AvgIpc) is 2.52. The fourth-order valence-corrected chi connectivity index (χ4v) is 2.98. The highest BCUT2D eigenvalue weighted by Crippen LogP contribution is 2.21. The maximum absolute atomic E-state index is 12.0. The van der Waals surface area contributed by atoms with Gasteiger partial charge in [-0.2, -0.15) is 0 Å².